The number of ether oxygens (including phenoxy) is 3. The van der Waals surface area contributed by atoms with E-state index in [-0.39, 0.29) is 4.83 Å². The average molecular weight is 343 g/mol. The second-order valence-corrected chi connectivity index (χ2v) is 5.54. The molecule has 19 heavy (non-hydrogen) atoms. The third-order valence-corrected chi connectivity index (χ3v) is 4.57. The Morgan fingerprint density at radius 1 is 1.00 bits per heavy atom. The van der Waals surface area contributed by atoms with Crippen LogP contribution < -0.4 is 14.2 Å². The van der Waals surface area contributed by atoms with Crippen molar-refractivity contribution >= 4 is 27.3 Å². The van der Waals surface area contributed by atoms with Crippen LogP contribution in [0, 0.1) is 0 Å². The van der Waals surface area contributed by atoms with Crippen molar-refractivity contribution in [3.8, 4) is 17.2 Å². The predicted molar refractivity (Wildman–Crippen MR) is 81.2 cm³/mol. The molecule has 0 aliphatic carbocycles. The van der Waals surface area contributed by atoms with Crippen LogP contribution in [0.5, 0.6) is 17.2 Å². The summed E-state index contributed by atoms with van der Waals surface area (Å²) in [5.74, 6) is 1.96. The Morgan fingerprint density at radius 2 is 1.74 bits per heavy atom. The Labute approximate surface area is 125 Å². The van der Waals surface area contributed by atoms with E-state index in [0.717, 1.165) is 5.56 Å². The van der Waals surface area contributed by atoms with Crippen LogP contribution in [-0.2, 0) is 0 Å². The van der Waals surface area contributed by atoms with Gasteiger partial charge in [-0.2, -0.15) is 11.3 Å². The van der Waals surface area contributed by atoms with E-state index in [9.17, 15) is 0 Å². The van der Waals surface area contributed by atoms with E-state index < -0.39 is 0 Å². The van der Waals surface area contributed by atoms with Gasteiger partial charge in [-0.3, -0.25) is 0 Å². The van der Waals surface area contributed by atoms with E-state index in [2.05, 4.69) is 32.8 Å². The minimum atomic E-state index is 0.0634. The van der Waals surface area contributed by atoms with Crippen molar-refractivity contribution in [1.82, 2.24) is 0 Å². The van der Waals surface area contributed by atoms with E-state index in [0.29, 0.717) is 17.2 Å². The molecule has 102 valence electrons. The van der Waals surface area contributed by atoms with Crippen LogP contribution in [0.3, 0.4) is 0 Å². The molecule has 0 saturated carbocycles. The van der Waals surface area contributed by atoms with E-state index in [1.54, 1.807) is 32.7 Å². The molecule has 0 bridgehead atoms. The van der Waals surface area contributed by atoms with Crippen LogP contribution >= 0.6 is 27.3 Å². The first-order valence-electron chi connectivity index (χ1n) is 5.68. The highest BCUT2D eigenvalue weighted by Crippen LogP contribution is 2.46. The molecule has 1 unspecified atom stereocenters. The lowest BCUT2D eigenvalue weighted by Gasteiger charge is -2.18. The highest BCUT2D eigenvalue weighted by Gasteiger charge is 2.21. The van der Waals surface area contributed by atoms with Gasteiger partial charge in [0.15, 0.2) is 11.5 Å². The maximum absolute atomic E-state index is 5.50. The van der Waals surface area contributed by atoms with Gasteiger partial charge in [-0.25, -0.2) is 0 Å². The number of alkyl halides is 1. The number of thiophene rings is 1. The second kappa shape index (κ2) is 6.30. The van der Waals surface area contributed by atoms with Crippen molar-refractivity contribution in [2.75, 3.05) is 21.3 Å². The van der Waals surface area contributed by atoms with E-state index in [1.165, 1.54) is 5.56 Å². The first-order valence-corrected chi connectivity index (χ1v) is 7.53. The standard InChI is InChI=1S/C14H15BrO3S/c1-16-11-5-4-10(13(17-2)14(11)18-3)12(15)9-6-7-19-8-9/h4-8,12H,1-3H3. The number of hydrogen-bond acceptors (Lipinski definition) is 4. The third kappa shape index (κ3) is 2.72. The lowest BCUT2D eigenvalue weighted by Crippen LogP contribution is -2.00. The minimum Gasteiger partial charge on any atom is -0.493 e. The van der Waals surface area contributed by atoms with Gasteiger partial charge in [0.05, 0.1) is 26.2 Å². The number of methoxy groups -OCH3 is 3. The summed E-state index contributed by atoms with van der Waals surface area (Å²) in [4.78, 5) is 0.0634. The second-order valence-electron chi connectivity index (χ2n) is 3.84. The number of benzene rings is 1. The van der Waals surface area contributed by atoms with E-state index in [1.807, 2.05) is 12.1 Å². The Bertz CT molecular complexity index is 540. The molecule has 2 rings (SSSR count). The first-order chi connectivity index (χ1) is 9.22. The Balaban J connectivity index is 2.51. The van der Waals surface area contributed by atoms with Crippen molar-refractivity contribution < 1.29 is 14.2 Å². The van der Waals surface area contributed by atoms with Gasteiger partial charge >= 0.3 is 0 Å². The highest BCUT2D eigenvalue weighted by molar-refractivity contribution is 9.09. The summed E-state index contributed by atoms with van der Waals surface area (Å²) in [6.07, 6.45) is 0. The summed E-state index contributed by atoms with van der Waals surface area (Å²) in [6, 6.07) is 5.95. The Hall–Kier alpha value is -1.20. The Kier molecular flexibility index (Phi) is 4.71. The quantitative estimate of drug-likeness (QED) is 0.760. The molecule has 5 heteroatoms. The molecule has 0 aliphatic heterocycles. The van der Waals surface area contributed by atoms with Crippen LogP contribution in [-0.4, -0.2) is 21.3 Å². The molecule has 1 atom stereocenters. The molecule has 2 aromatic rings. The SMILES string of the molecule is COc1ccc(C(Br)c2ccsc2)c(OC)c1OC. The molecule has 0 fully saturated rings. The van der Waals surface area contributed by atoms with Gasteiger partial charge in [-0.05, 0) is 34.5 Å². The van der Waals surface area contributed by atoms with Crippen molar-refractivity contribution in [3.63, 3.8) is 0 Å². The molecule has 1 aromatic carbocycles. The van der Waals surface area contributed by atoms with Gasteiger partial charge in [0.25, 0.3) is 0 Å². The molecule has 1 aromatic heterocycles. The van der Waals surface area contributed by atoms with Crippen molar-refractivity contribution in [1.29, 1.82) is 0 Å². The molecular formula is C14H15BrO3S. The van der Waals surface area contributed by atoms with Crippen LogP contribution in [0.15, 0.2) is 29.0 Å². The Morgan fingerprint density at radius 3 is 2.26 bits per heavy atom. The highest BCUT2D eigenvalue weighted by atomic mass is 79.9. The largest absolute Gasteiger partial charge is 0.493 e. The summed E-state index contributed by atoms with van der Waals surface area (Å²) < 4.78 is 16.2. The number of halogens is 1. The normalized spacial score (nSPS) is 12.0. The van der Waals surface area contributed by atoms with Gasteiger partial charge in [0.2, 0.25) is 5.75 Å². The van der Waals surface area contributed by atoms with Gasteiger partial charge in [-0.1, -0.05) is 15.9 Å². The lowest BCUT2D eigenvalue weighted by molar-refractivity contribution is 0.322. The van der Waals surface area contributed by atoms with Crippen molar-refractivity contribution in [2.45, 2.75) is 4.83 Å². The average Bonchev–Trinajstić information content (AvgIpc) is 2.98. The maximum atomic E-state index is 5.50. The zero-order valence-electron chi connectivity index (χ0n) is 11.0. The predicted octanol–water partition coefficient (Wildman–Crippen LogP) is 4.26. The van der Waals surface area contributed by atoms with Crippen LogP contribution in [0.1, 0.15) is 16.0 Å². The topological polar surface area (TPSA) is 27.7 Å². The summed E-state index contributed by atoms with van der Waals surface area (Å²) >= 11 is 5.37. The monoisotopic (exact) mass is 342 g/mol. The van der Waals surface area contributed by atoms with Gasteiger partial charge in [-0.15, -0.1) is 0 Å². The number of hydrogen-bond donors (Lipinski definition) is 0. The first kappa shape index (κ1) is 14.2. The van der Waals surface area contributed by atoms with Crippen molar-refractivity contribution in [3.05, 3.63) is 40.1 Å². The molecule has 0 radical (unpaired) electrons. The maximum Gasteiger partial charge on any atom is 0.203 e. The molecule has 0 spiro atoms. The molecule has 0 saturated heterocycles. The third-order valence-electron chi connectivity index (χ3n) is 2.84. The summed E-state index contributed by atoms with van der Waals surface area (Å²) in [5, 5.41) is 4.16. The summed E-state index contributed by atoms with van der Waals surface area (Å²) in [5.41, 5.74) is 2.20. The molecule has 3 nitrogen and oxygen atoms in total. The van der Waals surface area contributed by atoms with E-state index in [4.69, 9.17) is 14.2 Å². The molecule has 0 N–H and O–H groups in total. The van der Waals surface area contributed by atoms with Crippen molar-refractivity contribution in [2.24, 2.45) is 0 Å². The van der Waals surface area contributed by atoms with Gasteiger partial charge in [0.1, 0.15) is 0 Å². The zero-order valence-corrected chi connectivity index (χ0v) is 13.4. The number of rotatable bonds is 5. The fourth-order valence-corrected chi connectivity index (χ4v) is 3.43. The molecule has 0 amide bonds. The molecule has 1 heterocycles. The van der Waals surface area contributed by atoms with E-state index >= 15 is 0 Å². The fraction of sp³-hybridized carbons (Fsp3) is 0.286. The minimum absolute atomic E-state index is 0.0634. The molecule has 0 aliphatic rings. The van der Waals surface area contributed by atoms with Gasteiger partial charge < -0.3 is 14.2 Å². The molecular weight excluding hydrogens is 328 g/mol. The van der Waals surface area contributed by atoms with Crippen LogP contribution in [0.4, 0.5) is 0 Å². The van der Waals surface area contributed by atoms with Crippen LogP contribution in [0.2, 0.25) is 0 Å². The summed E-state index contributed by atoms with van der Waals surface area (Å²) in [7, 11) is 4.85. The lowest BCUT2D eigenvalue weighted by atomic mass is 10.1. The summed E-state index contributed by atoms with van der Waals surface area (Å²) in [6.45, 7) is 0. The van der Waals surface area contributed by atoms with Gasteiger partial charge in [0, 0.05) is 5.56 Å². The van der Waals surface area contributed by atoms with Crippen LogP contribution in [0.25, 0.3) is 0 Å². The zero-order chi connectivity index (χ0) is 13.8. The fourth-order valence-electron chi connectivity index (χ4n) is 1.92. The smallest absolute Gasteiger partial charge is 0.203 e.